The number of pyridine rings is 1. The minimum Gasteiger partial charge on any atom is -0.308 e. The van der Waals surface area contributed by atoms with Crippen LogP contribution >= 0.6 is 11.3 Å². The maximum Gasteiger partial charge on any atom is 0.0315 e. The molecule has 2 aromatic heterocycles. The molecule has 0 spiro atoms. The van der Waals surface area contributed by atoms with Crippen molar-refractivity contribution >= 4 is 11.3 Å². The van der Waals surface area contributed by atoms with Crippen molar-refractivity contribution in [2.24, 2.45) is 0 Å². The number of nitrogens with zero attached hydrogens (tertiary/aromatic N) is 1. The fourth-order valence-electron chi connectivity index (χ4n) is 1.58. The Labute approximate surface area is 100 Å². The van der Waals surface area contributed by atoms with E-state index in [-0.39, 0.29) is 0 Å². The summed E-state index contributed by atoms with van der Waals surface area (Å²) in [6.45, 7) is 6.10. The van der Waals surface area contributed by atoms with Gasteiger partial charge in [-0.05, 0) is 48.1 Å². The molecule has 3 heteroatoms. The minimum absolute atomic E-state index is 0.886. The largest absolute Gasteiger partial charge is 0.308 e. The molecule has 0 amide bonds. The van der Waals surface area contributed by atoms with Crippen LogP contribution in [0.15, 0.2) is 29.9 Å². The number of hydrogen-bond acceptors (Lipinski definition) is 3. The van der Waals surface area contributed by atoms with Gasteiger partial charge in [0.1, 0.15) is 0 Å². The van der Waals surface area contributed by atoms with Gasteiger partial charge in [-0.2, -0.15) is 0 Å². The zero-order valence-corrected chi connectivity index (χ0v) is 10.5. The Hall–Kier alpha value is -1.19. The van der Waals surface area contributed by atoms with Crippen molar-refractivity contribution in [3.05, 3.63) is 51.5 Å². The molecular weight excluding hydrogens is 216 g/mol. The molecule has 0 saturated carbocycles. The third-order valence-corrected chi connectivity index (χ3v) is 3.74. The third-order valence-electron chi connectivity index (χ3n) is 2.72. The summed E-state index contributed by atoms with van der Waals surface area (Å²) in [4.78, 5) is 5.56. The molecule has 0 aliphatic heterocycles. The van der Waals surface area contributed by atoms with Crippen molar-refractivity contribution in [1.82, 2.24) is 10.3 Å². The highest BCUT2D eigenvalue weighted by Gasteiger charge is 2.00. The second kappa shape index (κ2) is 5.23. The van der Waals surface area contributed by atoms with E-state index in [9.17, 15) is 0 Å². The Kier molecular flexibility index (Phi) is 3.70. The van der Waals surface area contributed by atoms with Crippen molar-refractivity contribution < 1.29 is 0 Å². The first-order valence-electron chi connectivity index (χ1n) is 5.40. The van der Waals surface area contributed by atoms with Gasteiger partial charge in [0, 0.05) is 30.4 Å². The van der Waals surface area contributed by atoms with Crippen LogP contribution in [0.25, 0.3) is 0 Å². The predicted octanol–water partition coefficient (Wildman–Crippen LogP) is 3.05. The summed E-state index contributed by atoms with van der Waals surface area (Å²) in [5.41, 5.74) is 3.95. The molecule has 0 saturated heterocycles. The van der Waals surface area contributed by atoms with Gasteiger partial charge < -0.3 is 5.32 Å². The van der Waals surface area contributed by atoms with E-state index in [0.29, 0.717) is 0 Å². The topological polar surface area (TPSA) is 24.9 Å². The number of nitrogens with one attached hydrogen (secondary N) is 1. The van der Waals surface area contributed by atoms with Gasteiger partial charge in [-0.1, -0.05) is 0 Å². The van der Waals surface area contributed by atoms with Gasteiger partial charge >= 0.3 is 0 Å². The lowest BCUT2D eigenvalue weighted by molar-refractivity contribution is 0.693. The molecule has 16 heavy (non-hydrogen) atoms. The van der Waals surface area contributed by atoms with Gasteiger partial charge in [-0.25, -0.2) is 0 Å². The molecular formula is C13H16N2S. The van der Waals surface area contributed by atoms with E-state index >= 15 is 0 Å². The second-order valence-electron chi connectivity index (χ2n) is 3.93. The van der Waals surface area contributed by atoms with Gasteiger partial charge in [-0.15, -0.1) is 11.3 Å². The van der Waals surface area contributed by atoms with Crippen LogP contribution in [0.4, 0.5) is 0 Å². The van der Waals surface area contributed by atoms with Crippen LogP contribution in [0.2, 0.25) is 0 Å². The lowest BCUT2D eigenvalue weighted by atomic mass is 10.1. The summed E-state index contributed by atoms with van der Waals surface area (Å²) >= 11 is 1.81. The SMILES string of the molecule is Cc1ccncc1CNCc1sccc1C. The van der Waals surface area contributed by atoms with Crippen LogP contribution in [-0.2, 0) is 13.1 Å². The average molecular weight is 232 g/mol. The number of rotatable bonds is 4. The normalized spacial score (nSPS) is 10.6. The molecule has 2 heterocycles. The van der Waals surface area contributed by atoms with Gasteiger partial charge in [-0.3, -0.25) is 4.98 Å². The third kappa shape index (κ3) is 2.68. The fourth-order valence-corrected chi connectivity index (χ4v) is 2.45. The molecule has 0 bridgehead atoms. The smallest absolute Gasteiger partial charge is 0.0315 e. The molecule has 0 aliphatic rings. The predicted molar refractivity (Wildman–Crippen MR) is 68.6 cm³/mol. The number of hydrogen-bond donors (Lipinski definition) is 1. The summed E-state index contributed by atoms with van der Waals surface area (Å²) in [5.74, 6) is 0. The molecule has 0 aliphatic carbocycles. The first kappa shape index (κ1) is 11.3. The van der Waals surface area contributed by atoms with Crippen LogP contribution < -0.4 is 5.32 Å². The molecule has 84 valence electrons. The van der Waals surface area contributed by atoms with Crippen LogP contribution in [-0.4, -0.2) is 4.98 Å². The summed E-state index contributed by atoms with van der Waals surface area (Å²) in [7, 11) is 0. The first-order chi connectivity index (χ1) is 7.77. The molecule has 0 radical (unpaired) electrons. The summed E-state index contributed by atoms with van der Waals surface area (Å²) < 4.78 is 0. The van der Waals surface area contributed by atoms with Crippen molar-refractivity contribution in [3.63, 3.8) is 0 Å². The number of aromatic nitrogens is 1. The maximum atomic E-state index is 4.14. The first-order valence-corrected chi connectivity index (χ1v) is 6.28. The van der Waals surface area contributed by atoms with Gasteiger partial charge in [0.05, 0.1) is 0 Å². The zero-order valence-electron chi connectivity index (χ0n) is 9.66. The molecule has 0 atom stereocenters. The van der Waals surface area contributed by atoms with Crippen LogP contribution in [0, 0.1) is 13.8 Å². The molecule has 2 rings (SSSR count). The zero-order chi connectivity index (χ0) is 11.4. The average Bonchev–Trinajstić information content (AvgIpc) is 2.67. The molecule has 2 aromatic rings. The van der Waals surface area contributed by atoms with E-state index in [1.165, 1.54) is 21.6 Å². The van der Waals surface area contributed by atoms with Gasteiger partial charge in [0.15, 0.2) is 0 Å². The number of aryl methyl sites for hydroxylation is 2. The molecule has 0 aromatic carbocycles. The summed E-state index contributed by atoms with van der Waals surface area (Å²) in [6.07, 6.45) is 3.77. The second-order valence-corrected chi connectivity index (χ2v) is 4.93. The maximum absolute atomic E-state index is 4.14. The van der Waals surface area contributed by atoms with E-state index in [2.05, 4.69) is 35.6 Å². The highest BCUT2D eigenvalue weighted by atomic mass is 32.1. The Morgan fingerprint density at radius 2 is 2.06 bits per heavy atom. The Morgan fingerprint density at radius 1 is 1.19 bits per heavy atom. The Balaban J connectivity index is 1.89. The molecule has 1 N–H and O–H groups in total. The van der Waals surface area contributed by atoms with Crippen molar-refractivity contribution in [2.75, 3.05) is 0 Å². The quantitative estimate of drug-likeness (QED) is 0.876. The molecule has 0 fully saturated rings. The lowest BCUT2D eigenvalue weighted by Crippen LogP contribution is -2.13. The summed E-state index contributed by atoms with van der Waals surface area (Å²) in [5, 5.41) is 5.60. The monoisotopic (exact) mass is 232 g/mol. The lowest BCUT2D eigenvalue weighted by Gasteiger charge is -2.06. The Morgan fingerprint density at radius 3 is 2.75 bits per heavy atom. The molecule has 2 nitrogen and oxygen atoms in total. The summed E-state index contributed by atoms with van der Waals surface area (Å²) in [6, 6.07) is 4.21. The fraction of sp³-hybridized carbons (Fsp3) is 0.308. The van der Waals surface area contributed by atoms with Crippen molar-refractivity contribution in [2.45, 2.75) is 26.9 Å². The van der Waals surface area contributed by atoms with Crippen LogP contribution in [0.1, 0.15) is 21.6 Å². The van der Waals surface area contributed by atoms with Crippen molar-refractivity contribution in [3.8, 4) is 0 Å². The van der Waals surface area contributed by atoms with Crippen molar-refractivity contribution in [1.29, 1.82) is 0 Å². The van der Waals surface area contributed by atoms with Gasteiger partial charge in [0.2, 0.25) is 0 Å². The Bertz CT molecular complexity index is 462. The molecule has 0 unspecified atom stereocenters. The highest BCUT2D eigenvalue weighted by molar-refractivity contribution is 7.10. The van der Waals surface area contributed by atoms with E-state index in [4.69, 9.17) is 0 Å². The standard InChI is InChI=1S/C13H16N2S/c1-10-3-5-14-7-12(10)8-15-9-13-11(2)4-6-16-13/h3-7,15H,8-9H2,1-2H3. The van der Waals surface area contributed by atoms with E-state index in [1.807, 2.05) is 29.8 Å². The highest BCUT2D eigenvalue weighted by Crippen LogP contribution is 2.15. The van der Waals surface area contributed by atoms with Gasteiger partial charge in [0.25, 0.3) is 0 Å². The van der Waals surface area contributed by atoms with E-state index in [0.717, 1.165) is 13.1 Å². The number of thiophene rings is 1. The minimum atomic E-state index is 0.886. The van der Waals surface area contributed by atoms with E-state index in [1.54, 1.807) is 0 Å². The van der Waals surface area contributed by atoms with E-state index < -0.39 is 0 Å². The van der Waals surface area contributed by atoms with Crippen LogP contribution in [0.3, 0.4) is 0 Å². The van der Waals surface area contributed by atoms with Crippen LogP contribution in [0.5, 0.6) is 0 Å².